The van der Waals surface area contributed by atoms with Gasteiger partial charge in [0.15, 0.2) is 0 Å². The van der Waals surface area contributed by atoms with Crippen LogP contribution in [-0.2, 0) is 6.42 Å². The minimum Gasteiger partial charge on any atom is -0.303 e. The normalized spacial score (nSPS) is 16.8. The van der Waals surface area contributed by atoms with Crippen LogP contribution in [-0.4, -0.2) is 24.5 Å². The molecule has 0 spiro atoms. The van der Waals surface area contributed by atoms with Crippen LogP contribution >= 0.6 is 0 Å². The topological polar surface area (TPSA) is 3.24 Å². The van der Waals surface area contributed by atoms with E-state index >= 15 is 0 Å². The van der Waals surface area contributed by atoms with Crippen molar-refractivity contribution in [1.29, 1.82) is 0 Å². The largest absolute Gasteiger partial charge is 0.303 e. The van der Waals surface area contributed by atoms with Gasteiger partial charge in [-0.3, -0.25) is 0 Å². The summed E-state index contributed by atoms with van der Waals surface area (Å²) in [4.78, 5) is 2.56. The Morgan fingerprint density at radius 2 is 1.93 bits per heavy atom. The molecule has 0 bridgehead atoms. The lowest BCUT2D eigenvalue weighted by atomic mass is 10.0. The summed E-state index contributed by atoms with van der Waals surface area (Å²) in [6, 6.07) is 8.56. The Labute approximate surface area is 92.4 Å². The van der Waals surface area contributed by atoms with Gasteiger partial charge in [-0.2, -0.15) is 0 Å². The molecule has 1 aliphatic rings. The molecule has 0 radical (unpaired) electrons. The third-order valence-electron chi connectivity index (χ3n) is 3.17. The van der Waals surface area contributed by atoms with Gasteiger partial charge in [0.05, 0.1) is 0 Å². The van der Waals surface area contributed by atoms with Crippen molar-refractivity contribution in [3.05, 3.63) is 42.0 Å². The highest BCUT2D eigenvalue weighted by molar-refractivity contribution is 5.51. The summed E-state index contributed by atoms with van der Waals surface area (Å²) in [6.45, 7) is 7.63. The molecule has 0 amide bonds. The molecular weight excluding hydrogens is 182 g/mol. The maximum absolute atomic E-state index is 3.86. The lowest BCUT2D eigenvalue weighted by Gasteiger charge is -2.15. The fourth-order valence-corrected chi connectivity index (χ4v) is 2.25. The van der Waals surface area contributed by atoms with Crippen molar-refractivity contribution >= 4 is 6.08 Å². The fourth-order valence-electron chi connectivity index (χ4n) is 2.25. The van der Waals surface area contributed by atoms with Crippen molar-refractivity contribution < 1.29 is 0 Å². The molecule has 2 rings (SSSR count). The summed E-state index contributed by atoms with van der Waals surface area (Å²) >= 11 is 0. The molecule has 15 heavy (non-hydrogen) atoms. The Morgan fingerprint density at radius 3 is 2.67 bits per heavy atom. The molecule has 0 unspecified atom stereocenters. The first-order valence-electron chi connectivity index (χ1n) is 5.83. The molecular formula is C14H19N. The number of hydrogen-bond acceptors (Lipinski definition) is 1. The predicted molar refractivity (Wildman–Crippen MR) is 65.9 cm³/mol. The van der Waals surface area contributed by atoms with E-state index < -0.39 is 0 Å². The molecule has 80 valence electrons. The number of hydrogen-bond donors (Lipinski definition) is 0. The molecule has 0 saturated carbocycles. The van der Waals surface area contributed by atoms with Crippen LogP contribution < -0.4 is 0 Å². The van der Waals surface area contributed by atoms with E-state index in [1.807, 2.05) is 6.08 Å². The molecule has 1 nitrogen and oxygen atoms in total. The first-order chi connectivity index (χ1) is 7.40. The third kappa shape index (κ3) is 2.69. The van der Waals surface area contributed by atoms with Gasteiger partial charge in [-0.1, -0.05) is 36.9 Å². The van der Waals surface area contributed by atoms with E-state index in [4.69, 9.17) is 0 Å². The minimum atomic E-state index is 1.15. The maximum atomic E-state index is 3.86. The lowest BCUT2D eigenvalue weighted by molar-refractivity contribution is 0.343. The van der Waals surface area contributed by atoms with Crippen LogP contribution in [0.25, 0.3) is 6.08 Å². The van der Waals surface area contributed by atoms with Gasteiger partial charge in [0.25, 0.3) is 0 Å². The van der Waals surface area contributed by atoms with Crippen molar-refractivity contribution in [3.8, 4) is 0 Å². The molecule has 1 aromatic carbocycles. The molecule has 0 N–H and O–H groups in total. The van der Waals surface area contributed by atoms with Gasteiger partial charge in [-0.25, -0.2) is 0 Å². The Balaban J connectivity index is 1.94. The quantitative estimate of drug-likeness (QED) is 0.724. The summed E-state index contributed by atoms with van der Waals surface area (Å²) in [5, 5.41) is 0. The smallest absolute Gasteiger partial charge is 0.00220 e. The van der Waals surface area contributed by atoms with E-state index in [0.29, 0.717) is 0 Å². The molecule has 1 saturated heterocycles. The second kappa shape index (κ2) is 5.13. The molecule has 0 atom stereocenters. The number of nitrogens with zero attached hydrogens (tertiary/aromatic N) is 1. The van der Waals surface area contributed by atoms with Crippen molar-refractivity contribution in [2.75, 3.05) is 19.6 Å². The summed E-state index contributed by atoms with van der Waals surface area (Å²) in [5.41, 5.74) is 2.72. The zero-order valence-corrected chi connectivity index (χ0v) is 9.28. The van der Waals surface area contributed by atoms with E-state index in [-0.39, 0.29) is 0 Å². The summed E-state index contributed by atoms with van der Waals surface area (Å²) < 4.78 is 0. The van der Waals surface area contributed by atoms with Crippen molar-refractivity contribution in [1.82, 2.24) is 4.90 Å². The second-order valence-corrected chi connectivity index (χ2v) is 4.20. The molecule has 1 heteroatoms. The monoisotopic (exact) mass is 201 g/mol. The molecule has 1 aromatic rings. The first kappa shape index (κ1) is 10.4. The first-order valence-corrected chi connectivity index (χ1v) is 5.83. The summed E-state index contributed by atoms with van der Waals surface area (Å²) in [7, 11) is 0. The van der Waals surface area contributed by atoms with Gasteiger partial charge in [-0.05, 0) is 43.5 Å². The average molecular weight is 201 g/mol. The summed E-state index contributed by atoms with van der Waals surface area (Å²) in [6.07, 6.45) is 5.87. The van der Waals surface area contributed by atoms with Gasteiger partial charge >= 0.3 is 0 Å². The molecule has 0 aliphatic carbocycles. The molecule has 1 heterocycles. The number of likely N-dealkylation sites (tertiary alicyclic amines) is 1. The fraction of sp³-hybridized carbons (Fsp3) is 0.429. The summed E-state index contributed by atoms with van der Waals surface area (Å²) in [5.74, 6) is 0. The Hall–Kier alpha value is -1.08. The van der Waals surface area contributed by atoms with Crippen LogP contribution in [0.1, 0.15) is 24.0 Å². The Morgan fingerprint density at radius 1 is 1.20 bits per heavy atom. The number of rotatable bonds is 4. The van der Waals surface area contributed by atoms with Gasteiger partial charge in [0.2, 0.25) is 0 Å². The molecule has 0 aromatic heterocycles. The molecule has 1 aliphatic heterocycles. The van der Waals surface area contributed by atoms with E-state index in [2.05, 4.69) is 35.7 Å². The van der Waals surface area contributed by atoms with Gasteiger partial charge in [0, 0.05) is 6.54 Å². The van der Waals surface area contributed by atoms with Gasteiger partial charge in [0.1, 0.15) is 0 Å². The second-order valence-electron chi connectivity index (χ2n) is 4.20. The van der Waals surface area contributed by atoms with Crippen molar-refractivity contribution in [2.24, 2.45) is 0 Å². The minimum absolute atomic E-state index is 1.15. The predicted octanol–water partition coefficient (Wildman–Crippen LogP) is 2.97. The maximum Gasteiger partial charge on any atom is 0.00220 e. The molecule has 1 fully saturated rings. The van der Waals surface area contributed by atoms with E-state index in [9.17, 15) is 0 Å². The standard InChI is InChI=1S/C14H19N/c1-2-13-7-3-4-8-14(13)9-12-15-10-5-6-11-15/h2-4,7-8H,1,5-6,9-12H2. The van der Waals surface area contributed by atoms with Crippen LogP contribution in [0.2, 0.25) is 0 Å². The van der Waals surface area contributed by atoms with Crippen LogP contribution in [0, 0.1) is 0 Å². The van der Waals surface area contributed by atoms with Crippen LogP contribution in [0.15, 0.2) is 30.8 Å². The third-order valence-corrected chi connectivity index (χ3v) is 3.17. The lowest BCUT2D eigenvalue weighted by Crippen LogP contribution is -2.22. The van der Waals surface area contributed by atoms with Gasteiger partial charge < -0.3 is 4.90 Å². The van der Waals surface area contributed by atoms with E-state index in [1.165, 1.54) is 43.6 Å². The zero-order valence-electron chi connectivity index (χ0n) is 9.28. The average Bonchev–Trinajstić information content (AvgIpc) is 2.79. The zero-order chi connectivity index (χ0) is 10.5. The van der Waals surface area contributed by atoms with Gasteiger partial charge in [-0.15, -0.1) is 0 Å². The van der Waals surface area contributed by atoms with Crippen LogP contribution in [0.4, 0.5) is 0 Å². The van der Waals surface area contributed by atoms with E-state index in [0.717, 1.165) is 6.42 Å². The Bertz CT molecular complexity index is 324. The highest BCUT2D eigenvalue weighted by atomic mass is 15.1. The van der Waals surface area contributed by atoms with Crippen molar-refractivity contribution in [2.45, 2.75) is 19.3 Å². The van der Waals surface area contributed by atoms with Crippen molar-refractivity contribution in [3.63, 3.8) is 0 Å². The van der Waals surface area contributed by atoms with Crippen LogP contribution in [0.3, 0.4) is 0 Å². The highest BCUT2D eigenvalue weighted by Gasteiger charge is 2.11. The SMILES string of the molecule is C=Cc1ccccc1CCN1CCCC1. The van der Waals surface area contributed by atoms with E-state index in [1.54, 1.807) is 0 Å². The van der Waals surface area contributed by atoms with Crippen LogP contribution in [0.5, 0.6) is 0 Å². The Kier molecular flexibility index (Phi) is 3.57. The highest BCUT2D eigenvalue weighted by Crippen LogP contribution is 2.13. The number of benzene rings is 1.